The topological polar surface area (TPSA) is 55.1 Å². The van der Waals surface area contributed by atoms with Crippen LogP contribution in [0.2, 0.25) is 0 Å². The van der Waals surface area contributed by atoms with Crippen molar-refractivity contribution in [3.8, 4) is 0 Å². The Morgan fingerprint density at radius 1 is 1.29 bits per heavy atom. The molecular weight excluding hydrogens is 373 g/mol. The number of amides is 1. The predicted molar refractivity (Wildman–Crippen MR) is 73.9 cm³/mol. The number of furan rings is 1. The lowest BCUT2D eigenvalue weighted by molar-refractivity contribution is 0.0995. The minimum Gasteiger partial charge on any atom is -0.444 e. The smallest absolute Gasteiger partial charge is 0.293 e. The Labute approximate surface area is 127 Å². The van der Waals surface area contributed by atoms with Gasteiger partial charge in [0.2, 0.25) is 0 Å². The van der Waals surface area contributed by atoms with E-state index in [0.29, 0.717) is 4.67 Å². The zero-order chi connectivity index (χ0) is 15.1. The van der Waals surface area contributed by atoms with Gasteiger partial charge in [0.25, 0.3) is 5.91 Å². The van der Waals surface area contributed by atoms with Crippen molar-refractivity contribution in [3.05, 3.63) is 46.1 Å². The number of anilines is 1. The molecule has 0 spiro atoms. The average molecular weight is 377 g/mol. The molecule has 4 nitrogen and oxygen atoms in total. The fourth-order valence-corrected chi connectivity index (χ4v) is 2.81. The Morgan fingerprint density at radius 3 is 2.71 bits per heavy atom. The van der Waals surface area contributed by atoms with E-state index in [1.54, 1.807) is 0 Å². The number of carbonyl (C=O) groups is 1. The van der Waals surface area contributed by atoms with Gasteiger partial charge in [-0.25, -0.2) is 18.2 Å². The summed E-state index contributed by atoms with van der Waals surface area (Å²) in [6.45, 7) is 0. The lowest BCUT2D eigenvalue weighted by Gasteiger charge is -1.96. The molecule has 1 amide bonds. The molecule has 1 aromatic carbocycles. The second-order valence-electron chi connectivity index (χ2n) is 3.91. The highest BCUT2D eigenvalue weighted by Gasteiger charge is 2.19. The van der Waals surface area contributed by atoms with Gasteiger partial charge in [0.05, 0.1) is 4.70 Å². The third-order valence-electron chi connectivity index (χ3n) is 2.54. The van der Waals surface area contributed by atoms with Crippen LogP contribution in [0.15, 0.2) is 27.3 Å². The molecule has 0 fully saturated rings. The molecule has 0 atom stereocenters. The quantitative estimate of drug-likeness (QED) is 0.677. The molecule has 2 heterocycles. The van der Waals surface area contributed by atoms with Crippen LogP contribution in [-0.2, 0) is 0 Å². The Hall–Kier alpha value is -1.87. The monoisotopic (exact) mass is 376 g/mol. The number of hydrogen-bond donors (Lipinski definition) is 1. The third-order valence-corrected chi connectivity index (χ3v) is 3.88. The summed E-state index contributed by atoms with van der Waals surface area (Å²) in [4.78, 5) is 15.6. The summed E-state index contributed by atoms with van der Waals surface area (Å²) in [7, 11) is 0. The number of nitrogens with one attached hydrogen (secondary N) is 1. The lowest BCUT2D eigenvalue weighted by Crippen LogP contribution is -2.10. The van der Waals surface area contributed by atoms with Crippen molar-refractivity contribution < 1.29 is 22.4 Å². The molecule has 3 rings (SSSR count). The van der Waals surface area contributed by atoms with Crippen LogP contribution in [0.1, 0.15) is 10.6 Å². The fourth-order valence-electron chi connectivity index (χ4n) is 1.62. The summed E-state index contributed by atoms with van der Waals surface area (Å²) >= 11 is 3.87. The van der Waals surface area contributed by atoms with Crippen molar-refractivity contribution in [2.24, 2.45) is 0 Å². The highest BCUT2D eigenvalue weighted by molar-refractivity contribution is 9.10. The molecule has 2 aromatic heterocycles. The number of halogens is 4. The van der Waals surface area contributed by atoms with Gasteiger partial charge in [-0.2, -0.15) is 0 Å². The van der Waals surface area contributed by atoms with Gasteiger partial charge in [0.15, 0.2) is 33.0 Å². The SMILES string of the molecule is O=C(Nc1nc2c(F)c(F)c(F)cc2s1)c1ccc(Br)o1. The number of fused-ring (bicyclic) bond motifs is 1. The molecule has 0 aliphatic heterocycles. The van der Waals surface area contributed by atoms with Crippen molar-refractivity contribution in [2.75, 3.05) is 5.32 Å². The Bertz CT molecular complexity index is 862. The molecule has 108 valence electrons. The van der Waals surface area contributed by atoms with Gasteiger partial charge in [-0.1, -0.05) is 11.3 Å². The zero-order valence-electron chi connectivity index (χ0n) is 9.92. The molecule has 0 bridgehead atoms. The molecular formula is C12H4BrF3N2O2S. The number of aromatic nitrogens is 1. The number of thiazole rings is 1. The first kappa shape index (κ1) is 14.1. The van der Waals surface area contributed by atoms with E-state index in [1.165, 1.54) is 12.1 Å². The van der Waals surface area contributed by atoms with E-state index in [-0.39, 0.29) is 21.1 Å². The fraction of sp³-hybridized carbons (Fsp3) is 0. The molecule has 1 N–H and O–H groups in total. The van der Waals surface area contributed by atoms with E-state index in [4.69, 9.17) is 4.42 Å². The van der Waals surface area contributed by atoms with Crippen LogP contribution in [0, 0.1) is 17.5 Å². The normalized spacial score (nSPS) is 11.0. The number of rotatable bonds is 2. The maximum Gasteiger partial charge on any atom is 0.293 e. The summed E-state index contributed by atoms with van der Waals surface area (Å²) in [6, 6.07) is 3.77. The summed E-state index contributed by atoms with van der Waals surface area (Å²) in [5.74, 6) is -4.89. The molecule has 0 radical (unpaired) electrons. The third kappa shape index (κ3) is 2.54. The minimum atomic E-state index is -1.60. The van der Waals surface area contributed by atoms with Crippen molar-refractivity contribution in [1.82, 2.24) is 4.98 Å². The largest absolute Gasteiger partial charge is 0.444 e. The molecule has 0 aliphatic rings. The summed E-state index contributed by atoms with van der Waals surface area (Å²) in [6.07, 6.45) is 0. The first-order valence-electron chi connectivity index (χ1n) is 5.46. The first-order valence-corrected chi connectivity index (χ1v) is 7.07. The second kappa shape index (κ2) is 5.15. The molecule has 9 heteroatoms. The van der Waals surface area contributed by atoms with Gasteiger partial charge < -0.3 is 4.42 Å². The van der Waals surface area contributed by atoms with E-state index < -0.39 is 23.4 Å². The van der Waals surface area contributed by atoms with Crippen molar-refractivity contribution in [3.63, 3.8) is 0 Å². The number of hydrogen-bond acceptors (Lipinski definition) is 4. The van der Waals surface area contributed by atoms with Crippen LogP contribution in [0.25, 0.3) is 10.2 Å². The molecule has 0 saturated carbocycles. The van der Waals surface area contributed by atoms with Crippen LogP contribution < -0.4 is 5.32 Å². The second-order valence-corrected chi connectivity index (χ2v) is 5.72. The summed E-state index contributed by atoms with van der Waals surface area (Å²) in [5, 5.41) is 2.38. The lowest BCUT2D eigenvalue weighted by atomic mass is 10.3. The maximum absolute atomic E-state index is 13.5. The predicted octanol–water partition coefficient (Wildman–Crippen LogP) is 4.32. The van der Waals surface area contributed by atoms with Crippen LogP contribution in [0.3, 0.4) is 0 Å². The Morgan fingerprint density at radius 2 is 2.05 bits per heavy atom. The van der Waals surface area contributed by atoms with Gasteiger partial charge in [0, 0.05) is 0 Å². The van der Waals surface area contributed by atoms with Crippen LogP contribution in [0.5, 0.6) is 0 Å². The van der Waals surface area contributed by atoms with Crippen molar-refractivity contribution in [2.45, 2.75) is 0 Å². The van der Waals surface area contributed by atoms with Crippen LogP contribution in [0.4, 0.5) is 18.3 Å². The summed E-state index contributed by atoms with van der Waals surface area (Å²) in [5.41, 5.74) is -0.338. The van der Waals surface area contributed by atoms with Gasteiger partial charge in [-0.15, -0.1) is 0 Å². The van der Waals surface area contributed by atoms with Gasteiger partial charge in [-0.3, -0.25) is 10.1 Å². The first-order chi connectivity index (χ1) is 9.95. The molecule has 21 heavy (non-hydrogen) atoms. The maximum atomic E-state index is 13.5. The standard InChI is InChI=1S/C12H4BrF3N2O2S/c13-7-2-1-5(20-7)11(19)18-12-17-10-6(21-12)3-4(14)8(15)9(10)16/h1-3H,(H,17,18,19). The summed E-state index contributed by atoms with van der Waals surface area (Å²) < 4.78 is 45.2. The van der Waals surface area contributed by atoms with Gasteiger partial charge in [-0.05, 0) is 34.1 Å². The number of carbonyl (C=O) groups excluding carboxylic acids is 1. The average Bonchev–Trinajstić information content (AvgIpc) is 3.02. The van der Waals surface area contributed by atoms with Crippen molar-refractivity contribution >= 4 is 48.5 Å². The van der Waals surface area contributed by atoms with E-state index in [9.17, 15) is 18.0 Å². The zero-order valence-corrected chi connectivity index (χ0v) is 12.3. The molecule has 0 saturated heterocycles. The van der Waals surface area contributed by atoms with Gasteiger partial charge in [0.1, 0.15) is 5.52 Å². The molecule has 3 aromatic rings. The highest BCUT2D eigenvalue weighted by atomic mass is 79.9. The van der Waals surface area contributed by atoms with E-state index in [2.05, 4.69) is 26.2 Å². The molecule has 0 aliphatic carbocycles. The minimum absolute atomic E-state index is 0.00595. The van der Waals surface area contributed by atoms with Crippen LogP contribution in [-0.4, -0.2) is 10.9 Å². The molecule has 0 unspecified atom stereocenters. The van der Waals surface area contributed by atoms with E-state index >= 15 is 0 Å². The van der Waals surface area contributed by atoms with E-state index in [1.807, 2.05) is 0 Å². The van der Waals surface area contributed by atoms with Crippen molar-refractivity contribution in [1.29, 1.82) is 0 Å². The number of benzene rings is 1. The van der Waals surface area contributed by atoms with Crippen LogP contribution >= 0.6 is 27.3 Å². The van der Waals surface area contributed by atoms with Gasteiger partial charge >= 0.3 is 0 Å². The highest BCUT2D eigenvalue weighted by Crippen LogP contribution is 2.30. The number of nitrogens with zero attached hydrogens (tertiary/aromatic N) is 1. The Balaban J connectivity index is 1.95. The van der Waals surface area contributed by atoms with E-state index in [0.717, 1.165) is 17.4 Å². The Kier molecular flexibility index (Phi) is 3.46.